The van der Waals surface area contributed by atoms with Gasteiger partial charge in [-0.2, -0.15) is 0 Å². The maximum atomic E-state index is 12.2. The lowest BCUT2D eigenvalue weighted by Gasteiger charge is -2.36. The fourth-order valence-corrected chi connectivity index (χ4v) is 5.18. The van der Waals surface area contributed by atoms with Gasteiger partial charge in [-0.3, -0.25) is 4.79 Å². The second-order valence-electron chi connectivity index (χ2n) is 7.88. The van der Waals surface area contributed by atoms with Gasteiger partial charge in [0, 0.05) is 41.3 Å². The average Bonchev–Trinajstić information content (AvgIpc) is 2.70. The molecule has 1 amide bonds. The van der Waals surface area contributed by atoms with Crippen LogP contribution in [0.5, 0.6) is 0 Å². The van der Waals surface area contributed by atoms with Gasteiger partial charge in [0.25, 0.3) is 0 Å². The summed E-state index contributed by atoms with van der Waals surface area (Å²) in [5, 5.41) is 11.1. The van der Waals surface area contributed by atoms with Crippen LogP contribution in [0.1, 0.15) is 37.3 Å². The van der Waals surface area contributed by atoms with Crippen LogP contribution in [-0.2, 0) is 21.6 Å². The van der Waals surface area contributed by atoms with Gasteiger partial charge >= 0.3 is 0 Å². The Bertz CT molecular complexity index is 928. The van der Waals surface area contributed by atoms with E-state index in [-0.39, 0.29) is 12.0 Å². The first-order valence-corrected chi connectivity index (χ1v) is 11.0. The molecule has 0 unspecified atom stereocenters. The smallest absolute Gasteiger partial charge is 0.227 e. The molecule has 2 aromatic carbocycles. The lowest BCUT2D eigenvalue weighted by Crippen LogP contribution is -2.37. The number of carbonyl (C=O) groups is 1. The molecular weight excluding hydrogens is 382 g/mol. The molecule has 1 N–H and O–H groups in total. The van der Waals surface area contributed by atoms with Gasteiger partial charge in [-0.05, 0) is 54.8 Å². The summed E-state index contributed by atoms with van der Waals surface area (Å²) in [4.78, 5) is 16.3. The van der Waals surface area contributed by atoms with E-state index >= 15 is 0 Å². The summed E-state index contributed by atoms with van der Waals surface area (Å²) < 4.78 is 5.61. The Morgan fingerprint density at radius 1 is 1.28 bits per heavy atom. The summed E-state index contributed by atoms with van der Waals surface area (Å²) in [5.74, 6) is 0.157. The normalized spacial score (nSPS) is 24.3. The standard InChI is InChI=1S/C24H27NO3S/c1-3-12-25-22-9-8-21(14-18(22)7-10-23(25)26)29-20-6-4-5-19(15-20)24(27)11-13-28-17(2)16-24/h3-6,8-9,14-15,17,27H,1,7,10-13,16H2,2H3/t17-,24+/m0/s1. The van der Waals surface area contributed by atoms with Crippen molar-refractivity contribution < 1.29 is 14.6 Å². The minimum atomic E-state index is -0.824. The zero-order valence-corrected chi connectivity index (χ0v) is 17.6. The highest BCUT2D eigenvalue weighted by molar-refractivity contribution is 7.99. The fraction of sp³-hybridized carbons (Fsp3) is 0.375. The molecule has 2 heterocycles. The Morgan fingerprint density at radius 2 is 2.10 bits per heavy atom. The molecule has 2 aliphatic rings. The summed E-state index contributed by atoms with van der Waals surface area (Å²) in [7, 11) is 0. The van der Waals surface area contributed by atoms with E-state index in [0.29, 0.717) is 32.4 Å². The Labute approximate surface area is 176 Å². The molecule has 0 saturated carbocycles. The van der Waals surface area contributed by atoms with Crippen molar-refractivity contribution in [2.45, 2.75) is 54.1 Å². The van der Waals surface area contributed by atoms with Gasteiger partial charge in [0.15, 0.2) is 0 Å². The first-order valence-electron chi connectivity index (χ1n) is 10.1. The Balaban J connectivity index is 1.56. The highest BCUT2D eigenvalue weighted by Gasteiger charge is 2.35. The third-order valence-electron chi connectivity index (χ3n) is 5.71. The molecule has 2 atom stereocenters. The molecular formula is C24H27NO3S. The Hall–Kier alpha value is -2.08. The van der Waals surface area contributed by atoms with E-state index < -0.39 is 5.60 Å². The lowest BCUT2D eigenvalue weighted by molar-refractivity contribution is -0.118. The van der Waals surface area contributed by atoms with Crippen LogP contribution in [0.4, 0.5) is 5.69 Å². The van der Waals surface area contributed by atoms with E-state index in [9.17, 15) is 9.90 Å². The zero-order chi connectivity index (χ0) is 20.4. The van der Waals surface area contributed by atoms with Crippen LogP contribution in [0.15, 0.2) is 64.9 Å². The van der Waals surface area contributed by atoms with Crippen LogP contribution in [0.25, 0.3) is 0 Å². The quantitative estimate of drug-likeness (QED) is 0.728. The van der Waals surface area contributed by atoms with Crippen molar-refractivity contribution >= 4 is 23.4 Å². The van der Waals surface area contributed by atoms with Crippen molar-refractivity contribution in [2.75, 3.05) is 18.1 Å². The number of anilines is 1. The van der Waals surface area contributed by atoms with Crippen LogP contribution >= 0.6 is 11.8 Å². The van der Waals surface area contributed by atoms with Crippen molar-refractivity contribution in [3.63, 3.8) is 0 Å². The number of hydrogen-bond donors (Lipinski definition) is 1. The second kappa shape index (κ2) is 8.34. The topological polar surface area (TPSA) is 49.8 Å². The molecule has 0 aliphatic carbocycles. The van der Waals surface area contributed by atoms with Crippen molar-refractivity contribution in [1.29, 1.82) is 0 Å². The van der Waals surface area contributed by atoms with E-state index in [1.165, 1.54) is 5.56 Å². The third-order valence-corrected chi connectivity index (χ3v) is 6.69. The molecule has 0 bridgehead atoms. The van der Waals surface area contributed by atoms with Crippen molar-refractivity contribution in [1.82, 2.24) is 0 Å². The molecule has 2 aliphatic heterocycles. The molecule has 29 heavy (non-hydrogen) atoms. The van der Waals surface area contributed by atoms with Crippen LogP contribution in [0.2, 0.25) is 0 Å². The van der Waals surface area contributed by atoms with Crippen molar-refractivity contribution in [3.8, 4) is 0 Å². The number of rotatable bonds is 5. The van der Waals surface area contributed by atoms with Gasteiger partial charge in [0.1, 0.15) is 0 Å². The minimum absolute atomic E-state index is 0.0620. The molecule has 1 fully saturated rings. The maximum Gasteiger partial charge on any atom is 0.227 e. The average molecular weight is 410 g/mol. The largest absolute Gasteiger partial charge is 0.385 e. The number of hydrogen-bond acceptors (Lipinski definition) is 4. The van der Waals surface area contributed by atoms with Crippen molar-refractivity contribution in [2.24, 2.45) is 0 Å². The molecule has 0 aromatic heterocycles. The summed E-state index contributed by atoms with van der Waals surface area (Å²) in [6.45, 7) is 6.90. The van der Waals surface area contributed by atoms with Crippen molar-refractivity contribution in [3.05, 3.63) is 66.2 Å². The summed E-state index contributed by atoms with van der Waals surface area (Å²) in [5.41, 5.74) is 2.32. The van der Waals surface area contributed by atoms with Gasteiger partial charge < -0.3 is 14.7 Å². The van der Waals surface area contributed by atoms with Gasteiger partial charge in [-0.1, -0.05) is 30.0 Å². The van der Waals surface area contributed by atoms with E-state index in [2.05, 4.69) is 30.8 Å². The summed E-state index contributed by atoms with van der Waals surface area (Å²) >= 11 is 1.69. The monoisotopic (exact) mass is 409 g/mol. The number of fused-ring (bicyclic) bond motifs is 1. The van der Waals surface area contributed by atoms with Gasteiger partial charge in [-0.15, -0.1) is 6.58 Å². The number of aliphatic hydroxyl groups is 1. The minimum Gasteiger partial charge on any atom is -0.385 e. The number of amides is 1. The summed E-state index contributed by atoms with van der Waals surface area (Å²) in [6.07, 6.45) is 4.38. The van der Waals surface area contributed by atoms with E-state index in [1.54, 1.807) is 17.8 Å². The third kappa shape index (κ3) is 4.27. The predicted octanol–water partition coefficient (Wildman–Crippen LogP) is 4.69. The van der Waals surface area contributed by atoms with Gasteiger partial charge in [0.05, 0.1) is 18.3 Å². The zero-order valence-electron chi connectivity index (χ0n) is 16.8. The Morgan fingerprint density at radius 3 is 2.90 bits per heavy atom. The second-order valence-corrected chi connectivity index (χ2v) is 9.03. The number of ether oxygens (including phenoxy) is 1. The first kappa shape index (κ1) is 20.2. The van der Waals surface area contributed by atoms with Crippen LogP contribution < -0.4 is 4.90 Å². The van der Waals surface area contributed by atoms with Gasteiger partial charge in [-0.25, -0.2) is 0 Å². The van der Waals surface area contributed by atoms with E-state index in [4.69, 9.17) is 4.74 Å². The molecule has 2 aromatic rings. The number of nitrogens with zero attached hydrogens (tertiary/aromatic N) is 1. The SMILES string of the molecule is C=CCN1C(=O)CCc2cc(Sc3cccc([C@@]4(O)CCO[C@@H](C)C4)c3)ccc21. The molecule has 152 valence electrons. The maximum absolute atomic E-state index is 12.2. The van der Waals surface area contributed by atoms with E-state index in [0.717, 1.165) is 27.5 Å². The molecule has 4 nitrogen and oxygen atoms in total. The predicted molar refractivity (Wildman–Crippen MR) is 116 cm³/mol. The molecule has 0 radical (unpaired) electrons. The first-order chi connectivity index (χ1) is 14.0. The molecule has 4 rings (SSSR count). The Kier molecular flexibility index (Phi) is 5.81. The van der Waals surface area contributed by atoms with E-state index in [1.807, 2.05) is 30.0 Å². The van der Waals surface area contributed by atoms with Gasteiger partial charge in [0.2, 0.25) is 5.91 Å². The summed E-state index contributed by atoms with van der Waals surface area (Å²) in [6, 6.07) is 14.5. The van der Waals surface area contributed by atoms with Crippen LogP contribution in [-0.4, -0.2) is 30.3 Å². The fourth-order valence-electron chi connectivity index (χ4n) is 4.24. The number of benzene rings is 2. The highest BCUT2D eigenvalue weighted by atomic mass is 32.2. The van der Waals surface area contributed by atoms with Crippen LogP contribution in [0, 0.1) is 0 Å². The molecule has 1 saturated heterocycles. The molecule has 0 spiro atoms. The lowest BCUT2D eigenvalue weighted by atomic mass is 9.84. The number of aryl methyl sites for hydroxylation is 1. The molecule has 5 heteroatoms. The number of carbonyl (C=O) groups excluding carboxylic acids is 1. The van der Waals surface area contributed by atoms with Crippen LogP contribution in [0.3, 0.4) is 0 Å². The highest BCUT2D eigenvalue weighted by Crippen LogP contribution is 2.39.